The summed E-state index contributed by atoms with van der Waals surface area (Å²) in [7, 11) is 0. The van der Waals surface area contributed by atoms with Crippen molar-refractivity contribution in [3.05, 3.63) is 102 Å². The van der Waals surface area contributed by atoms with Gasteiger partial charge in [0.2, 0.25) is 0 Å². The van der Waals surface area contributed by atoms with E-state index in [1.807, 2.05) is 54.7 Å². The summed E-state index contributed by atoms with van der Waals surface area (Å²) in [6, 6.07) is 22.5. The Hall–Kier alpha value is -4.00. The second kappa shape index (κ2) is 8.79. The van der Waals surface area contributed by atoms with Crippen molar-refractivity contribution in [2.45, 2.75) is 13.2 Å². The summed E-state index contributed by atoms with van der Waals surface area (Å²) in [5, 5.41) is 11.1. The average Bonchev–Trinajstić information content (AvgIpc) is 3.21. The van der Waals surface area contributed by atoms with Crippen molar-refractivity contribution in [1.29, 1.82) is 0 Å². The Kier molecular flexibility index (Phi) is 5.57. The van der Waals surface area contributed by atoms with Crippen LogP contribution in [-0.4, -0.2) is 25.9 Å². The number of hydrogen-bond acceptors (Lipinski definition) is 5. The number of rotatable bonds is 7. The third-order valence-corrected chi connectivity index (χ3v) is 4.19. The molecule has 0 saturated carbocycles. The first-order chi connectivity index (χ1) is 14.3. The van der Waals surface area contributed by atoms with E-state index >= 15 is 0 Å². The SMILES string of the molecule is O=C(Nc1ncccc1OCc1cn(Cc2ccccc2)nn1)c1ccccc1. The molecule has 144 valence electrons. The van der Waals surface area contributed by atoms with Crippen molar-refractivity contribution >= 4 is 11.7 Å². The van der Waals surface area contributed by atoms with Crippen LogP contribution in [0.1, 0.15) is 21.6 Å². The van der Waals surface area contributed by atoms with Gasteiger partial charge in [-0.2, -0.15) is 0 Å². The largest absolute Gasteiger partial charge is 0.483 e. The molecule has 0 radical (unpaired) electrons. The van der Waals surface area contributed by atoms with Gasteiger partial charge >= 0.3 is 0 Å². The molecule has 0 aliphatic heterocycles. The number of carbonyl (C=O) groups is 1. The number of anilines is 1. The molecule has 2 heterocycles. The molecular formula is C22H19N5O2. The summed E-state index contributed by atoms with van der Waals surface area (Å²) in [6.07, 6.45) is 3.44. The van der Waals surface area contributed by atoms with Gasteiger partial charge in [0, 0.05) is 11.8 Å². The first kappa shape index (κ1) is 18.4. The number of hydrogen-bond donors (Lipinski definition) is 1. The van der Waals surface area contributed by atoms with Crippen LogP contribution in [-0.2, 0) is 13.2 Å². The number of aromatic nitrogens is 4. The Bertz CT molecular complexity index is 1080. The molecule has 0 fully saturated rings. The molecule has 0 aliphatic rings. The Morgan fingerprint density at radius 1 is 0.966 bits per heavy atom. The van der Waals surface area contributed by atoms with E-state index in [1.165, 1.54) is 0 Å². The molecule has 0 unspecified atom stereocenters. The lowest BCUT2D eigenvalue weighted by molar-refractivity contribution is 0.102. The zero-order valence-corrected chi connectivity index (χ0v) is 15.6. The fourth-order valence-corrected chi connectivity index (χ4v) is 2.77. The molecule has 7 nitrogen and oxygen atoms in total. The molecular weight excluding hydrogens is 366 g/mol. The molecule has 0 bridgehead atoms. The van der Waals surface area contributed by atoms with Gasteiger partial charge in [-0.15, -0.1) is 5.10 Å². The second-order valence-corrected chi connectivity index (χ2v) is 6.35. The number of carbonyl (C=O) groups excluding carboxylic acids is 1. The Morgan fingerprint density at radius 3 is 2.52 bits per heavy atom. The van der Waals surface area contributed by atoms with Gasteiger partial charge in [-0.1, -0.05) is 53.7 Å². The fourth-order valence-electron chi connectivity index (χ4n) is 2.77. The molecule has 7 heteroatoms. The van der Waals surface area contributed by atoms with Gasteiger partial charge in [-0.3, -0.25) is 4.79 Å². The maximum absolute atomic E-state index is 12.4. The minimum atomic E-state index is -0.247. The fraction of sp³-hybridized carbons (Fsp3) is 0.0909. The minimum Gasteiger partial charge on any atom is -0.483 e. The topological polar surface area (TPSA) is 81.9 Å². The summed E-state index contributed by atoms with van der Waals surface area (Å²) in [4.78, 5) is 16.6. The maximum Gasteiger partial charge on any atom is 0.256 e. The predicted molar refractivity (Wildman–Crippen MR) is 109 cm³/mol. The summed E-state index contributed by atoms with van der Waals surface area (Å²) >= 11 is 0. The molecule has 4 rings (SSSR count). The van der Waals surface area contributed by atoms with Gasteiger partial charge in [-0.05, 0) is 29.8 Å². The van der Waals surface area contributed by atoms with E-state index in [2.05, 4.69) is 20.6 Å². The van der Waals surface area contributed by atoms with E-state index in [0.29, 0.717) is 29.4 Å². The van der Waals surface area contributed by atoms with Crippen LogP contribution in [0.25, 0.3) is 0 Å². The van der Waals surface area contributed by atoms with Crippen molar-refractivity contribution in [1.82, 2.24) is 20.0 Å². The number of ether oxygens (including phenoxy) is 1. The van der Waals surface area contributed by atoms with E-state index in [4.69, 9.17) is 4.74 Å². The van der Waals surface area contributed by atoms with Crippen LogP contribution in [0.2, 0.25) is 0 Å². The van der Waals surface area contributed by atoms with Gasteiger partial charge in [0.25, 0.3) is 5.91 Å². The number of benzene rings is 2. The summed E-state index contributed by atoms with van der Waals surface area (Å²) in [5.41, 5.74) is 2.38. The number of pyridine rings is 1. The van der Waals surface area contributed by atoms with Gasteiger partial charge in [0.1, 0.15) is 12.3 Å². The van der Waals surface area contributed by atoms with Crippen molar-refractivity contribution in [2.24, 2.45) is 0 Å². The normalized spacial score (nSPS) is 10.5. The van der Waals surface area contributed by atoms with Crippen molar-refractivity contribution in [2.75, 3.05) is 5.32 Å². The number of nitrogens with one attached hydrogen (secondary N) is 1. The molecule has 0 saturated heterocycles. The first-order valence-corrected chi connectivity index (χ1v) is 9.15. The van der Waals surface area contributed by atoms with Crippen LogP contribution < -0.4 is 10.1 Å². The molecule has 29 heavy (non-hydrogen) atoms. The lowest BCUT2D eigenvalue weighted by Gasteiger charge is -2.10. The van der Waals surface area contributed by atoms with Crippen LogP contribution in [0.4, 0.5) is 5.82 Å². The van der Waals surface area contributed by atoms with Gasteiger partial charge in [0.15, 0.2) is 11.6 Å². The van der Waals surface area contributed by atoms with E-state index in [1.54, 1.807) is 35.1 Å². The van der Waals surface area contributed by atoms with E-state index in [9.17, 15) is 4.79 Å². The van der Waals surface area contributed by atoms with Gasteiger partial charge in [0.05, 0.1) is 12.7 Å². The monoisotopic (exact) mass is 385 g/mol. The molecule has 0 atom stereocenters. The molecule has 2 aromatic carbocycles. The summed E-state index contributed by atoms with van der Waals surface area (Å²) in [6.45, 7) is 0.855. The first-order valence-electron chi connectivity index (χ1n) is 9.15. The third kappa shape index (κ3) is 4.84. The van der Waals surface area contributed by atoms with Gasteiger partial charge < -0.3 is 10.1 Å². The third-order valence-electron chi connectivity index (χ3n) is 4.19. The van der Waals surface area contributed by atoms with Crippen molar-refractivity contribution in [3.8, 4) is 5.75 Å². The summed E-state index contributed by atoms with van der Waals surface area (Å²) < 4.78 is 7.59. The maximum atomic E-state index is 12.4. The number of amides is 1. The van der Waals surface area contributed by atoms with Crippen LogP contribution in [0.3, 0.4) is 0 Å². The lowest BCUT2D eigenvalue weighted by Crippen LogP contribution is -2.14. The van der Waals surface area contributed by atoms with Crippen LogP contribution in [0, 0.1) is 0 Å². The highest BCUT2D eigenvalue weighted by Crippen LogP contribution is 2.22. The molecule has 4 aromatic rings. The van der Waals surface area contributed by atoms with Crippen molar-refractivity contribution in [3.63, 3.8) is 0 Å². The predicted octanol–water partition coefficient (Wildman–Crippen LogP) is 3.55. The van der Waals surface area contributed by atoms with Crippen LogP contribution in [0.15, 0.2) is 85.2 Å². The van der Waals surface area contributed by atoms with Crippen molar-refractivity contribution < 1.29 is 9.53 Å². The highest BCUT2D eigenvalue weighted by molar-refractivity contribution is 6.04. The standard InChI is InChI=1S/C22H19N5O2/c28-22(18-10-5-2-6-11-18)24-21-20(12-7-13-23-21)29-16-19-15-27(26-25-19)14-17-8-3-1-4-9-17/h1-13,15H,14,16H2,(H,23,24,28). The van der Waals surface area contributed by atoms with Crippen LogP contribution >= 0.6 is 0 Å². The minimum absolute atomic E-state index is 0.217. The Labute approximate surface area is 168 Å². The molecule has 0 spiro atoms. The average molecular weight is 385 g/mol. The highest BCUT2D eigenvalue weighted by atomic mass is 16.5. The Balaban J connectivity index is 1.40. The van der Waals surface area contributed by atoms with E-state index in [-0.39, 0.29) is 12.5 Å². The quantitative estimate of drug-likeness (QED) is 0.526. The summed E-state index contributed by atoms with van der Waals surface area (Å²) in [5.74, 6) is 0.579. The van der Waals surface area contributed by atoms with Crippen LogP contribution in [0.5, 0.6) is 5.75 Å². The van der Waals surface area contributed by atoms with E-state index in [0.717, 1.165) is 5.56 Å². The smallest absolute Gasteiger partial charge is 0.256 e. The van der Waals surface area contributed by atoms with E-state index < -0.39 is 0 Å². The van der Waals surface area contributed by atoms with Gasteiger partial charge in [-0.25, -0.2) is 9.67 Å². The second-order valence-electron chi connectivity index (χ2n) is 6.35. The Morgan fingerprint density at radius 2 is 1.72 bits per heavy atom. The zero-order valence-electron chi connectivity index (χ0n) is 15.6. The molecule has 1 N–H and O–H groups in total. The zero-order chi connectivity index (χ0) is 19.9. The molecule has 2 aromatic heterocycles. The number of nitrogens with zero attached hydrogens (tertiary/aromatic N) is 4. The molecule has 1 amide bonds. The highest BCUT2D eigenvalue weighted by Gasteiger charge is 2.11. The molecule has 0 aliphatic carbocycles. The lowest BCUT2D eigenvalue weighted by atomic mass is 10.2.